The zero-order valence-electron chi connectivity index (χ0n) is 26.4. The highest BCUT2D eigenvalue weighted by atomic mass is 19.4. The molecule has 2 N–H and O–H groups in total. The molecule has 1 aliphatic heterocycles. The van der Waals surface area contributed by atoms with Crippen LogP contribution >= 0.6 is 0 Å². The van der Waals surface area contributed by atoms with Crippen molar-refractivity contribution in [3.63, 3.8) is 0 Å². The highest BCUT2D eigenvalue weighted by Gasteiger charge is 2.37. The van der Waals surface area contributed by atoms with Crippen molar-refractivity contribution in [3.05, 3.63) is 126 Å². The van der Waals surface area contributed by atoms with Gasteiger partial charge in [0.05, 0.1) is 17.4 Å². The summed E-state index contributed by atoms with van der Waals surface area (Å²) in [6.07, 6.45) is 0.698. The summed E-state index contributed by atoms with van der Waals surface area (Å²) in [6.45, 7) is 3.51. The van der Waals surface area contributed by atoms with E-state index in [0.29, 0.717) is 18.9 Å². The number of anilines is 1. The molecule has 47 heavy (non-hydrogen) atoms. The minimum Gasteiger partial charge on any atom is -0.348 e. The quantitative estimate of drug-likeness (QED) is 0.249. The predicted octanol–water partition coefficient (Wildman–Crippen LogP) is 5.02. The number of carbonyl (C=O) groups is 3. The first-order valence-corrected chi connectivity index (χ1v) is 15.0. The van der Waals surface area contributed by atoms with Crippen molar-refractivity contribution in [1.29, 1.82) is 0 Å². The number of hydrogen-bond acceptors (Lipinski definition) is 5. The van der Waals surface area contributed by atoms with E-state index in [9.17, 15) is 27.6 Å². The lowest BCUT2D eigenvalue weighted by Gasteiger charge is -2.32. The van der Waals surface area contributed by atoms with Crippen molar-refractivity contribution in [1.82, 2.24) is 25.3 Å². The molecule has 1 aromatic heterocycles. The van der Waals surface area contributed by atoms with Crippen molar-refractivity contribution in [2.24, 2.45) is 0 Å². The smallest absolute Gasteiger partial charge is 0.348 e. The highest BCUT2D eigenvalue weighted by Crippen LogP contribution is 2.31. The Bertz CT molecular complexity index is 1690. The van der Waals surface area contributed by atoms with Gasteiger partial charge in [0.1, 0.15) is 11.9 Å². The summed E-state index contributed by atoms with van der Waals surface area (Å²) in [4.78, 5) is 40.6. The van der Waals surface area contributed by atoms with Gasteiger partial charge < -0.3 is 15.5 Å². The molecule has 0 saturated heterocycles. The predicted molar refractivity (Wildman–Crippen MR) is 174 cm³/mol. The van der Waals surface area contributed by atoms with E-state index in [1.54, 1.807) is 23.9 Å². The molecule has 2 heterocycles. The minimum absolute atomic E-state index is 0.0503. The molecule has 1 atom stereocenters. The molecule has 4 aromatic rings. The standard InChI is InChI=1S/C22H19F3N4O2.C13H18N2O/c1-2-28-20-15(13-26-29(20)17-9-4-3-5-10-17)12-18(21(28)31)27-19(30)14-7-6-8-16(11-14)22(23,24)25;1-15(2)10-6-9-13(16)14-11-12-7-4-3-5-8-12/h3-11,13,18H,2,12H2,1H3,(H,27,30);3-9H,10-11H2,1-2H3,(H,14,16)/b;9-6+. The van der Waals surface area contributed by atoms with Crippen LogP contribution in [0.5, 0.6) is 0 Å². The van der Waals surface area contributed by atoms with Gasteiger partial charge in [-0.3, -0.25) is 19.3 Å². The second kappa shape index (κ2) is 15.9. The summed E-state index contributed by atoms with van der Waals surface area (Å²) < 4.78 is 40.5. The third-order valence-electron chi connectivity index (χ3n) is 7.18. The Labute approximate surface area is 271 Å². The molecule has 0 saturated carbocycles. The Morgan fingerprint density at radius 3 is 2.32 bits per heavy atom. The fourth-order valence-corrected chi connectivity index (χ4v) is 4.88. The average Bonchev–Trinajstić information content (AvgIpc) is 3.48. The van der Waals surface area contributed by atoms with Crippen molar-refractivity contribution in [2.45, 2.75) is 32.1 Å². The number of amides is 3. The largest absolute Gasteiger partial charge is 0.416 e. The Morgan fingerprint density at radius 2 is 1.68 bits per heavy atom. The van der Waals surface area contributed by atoms with E-state index in [0.717, 1.165) is 35.5 Å². The third kappa shape index (κ3) is 9.39. The SMILES string of the molecule is CCN1C(=O)C(NC(=O)c2cccc(C(F)(F)F)c2)Cc2cnn(-c3ccccc3)c21.CN(C)C/C=C/C(=O)NCc1ccccc1. The van der Waals surface area contributed by atoms with Crippen LogP contribution in [0.2, 0.25) is 0 Å². The number of nitrogens with zero attached hydrogens (tertiary/aromatic N) is 4. The number of para-hydroxylation sites is 1. The lowest BCUT2D eigenvalue weighted by molar-refractivity contribution is -0.137. The van der Waals surface area contributed by atoms with Crippen LogP contribution in [-0.4, -0.2) is 65.6 Å². The van der Waals surface area contributed by atoms with Gasteiger partial charge in [-0.25, -0.2) is 4.68 Å². The molecule has 0 spiro atoms. The number of aromatic nitrogens is 2. The third-order valence-corrected chi connectivity index (χ3v) is 7.18. The van der Waals surface area contributed by atoms with Crippen LogP contribution in [0.25, 0.3) is 5.69 Å². The van der Waals surface area contributed by atoms with Crippen LogP contribution in [-0.2, 0) is 28.7 Å². The molecule has 0 radical (unpaired) electrons. The van der Waals surface area contributed by atoms with Crippen LogP contribution in [0.4, 0.5) is 19.0 Å². The normalized spacial score (nSPS) is 14.4. The van der Waals surface area contributed by atoms with E-state index < -0.39 is 23.7 Å². The lowest BCUT2D eigenvalue weighted by atomic mass is 10.0. The number of rotatable bonds is 9. The van der Waals surface area contributed by atoms with Gasteiger partial charge in [0.2, 0.25) is 5.91 Å². The number of hydrogen-bond donors (Lipinski definition) is 2. The van der Waals surface area contributed by atoms with Gasteiger partial charge in [0.25, 0.3) is 11.8 Å². The van der Waals surface area contributed by atoms with Crippen LogP contribution in [0.15, 0.2) is 103 Å². The van der Waals surface area contributed by atoms with Gasteiger partial charge in [-0.2, -0.15) is 18.3 Å². The maximum Gasteiger partial charge on any atom is 0.416 e. The Balaban J connectivity index is 0.000000264. The first kappa shape index (κ1) is 34.6. The van der Waals surface area contributed by atoms with Crippen LogP contribution in [0.1, 0.15) is 34.0 Å². The Hall–Kier alpha value is -5.23. The first-order valence-electron chi connectivity index (χ1n) is 15.0. The zero-order chi connectivity index (χ0) is 34.0. The van der Waals surface area contributed by atoms with Gasteiger partial charge in [-0.1, -0.05) is 60.7 Å². The fourth-order valence-electron chi connectivity index (χ4n) is 4.88. The average molecular weight is 647 g/mol. The number of fused-ring (bicyclic) bond motifs is 1. The molecule has 1 aliphatic rings. The number of likely N-dealkylation sites (N-methyl/N-ethyl adjacent to an activating group) is 2. The summed E-state index contributed by atoms with van der Waals surface area (Å²) in [5.41, 5.74) is 1.59. The van der Waals surface area contributed by atoms with Gasteiger partial charge in [-0.05, 0) is 56.9 Å². The summed E-state index contributed by atoms with van der Waals surface area (Å²) in [5.74, 6) is -0.499. The Kier molecular flexibility index (Phi) is 11.7. The fraction of sp³-hybridized carbons (Fsp3) is 0.257. The molecule has 9 nitrogen and oxygen atoms in total. The van der Waals surface area contributed by atoms with Crippen LogP contribution in [0.3, 0.4) is 0 Å². The van der Waals surface area contributed by atoms with E-state index in [2.05, 4.69) is 15.7 Å². The second-order valence-corrected chi connectivity index (χ2v) is 11.0. The van der Waals surface area contributed by atoms with Crippen molar-refractivity contribution in [3.8, 4) is 5.69 Å². The summed E-state index contributed by atoms with van der Waals surface area (Å²) in [6, 6.07) is 22.4. The topological polar surface area (TPSA) is 99.6 Å². The molecule has 3 aromatic carbocycles. The first-order chi connectivity index (χ1) is 22.5. The number of benzene rings is 3. The van der Waals surface area contributed by atoms with E-state index in [1.165, 1.54) is 17.0 Å². The monoisotopic (exact) mass is 646 g/mol. The van der Waals surface area contributed by atoms with E-state index in [-0.39, 0.29) is 23.8 Å². The number of halogens is 3. The molecule has 0 fully saturated rings. The van der Waals surface area contributed by atoms with Crippen LogP contribution < -0.4 is 15.5 Å². The molecule has 1 unspecified atom stereocenters. The molecule has 0 bridgehead atoms. The molecule has 5 rings (SSSR count). The number of alkyl halides is 3. The molecule has 3 amide bonds. The molecular weight excluding hydrogens is 609 g/mol. The zero-order valence-corrected chi connectivity index (χ0v) is 26.4. The molecular formula is C35H37F3N6O3. The summed E-state index contributed by atoms with van der Waals surface area (Å²) in [5, 5.41) is 9.81. The van der Waals surface area contributed by atoms with Gasteiger partial charge in [-0.15, -0.1) is 0 Å². The molecule has 12 heteroatoms. The van der Waals surface area contributed by atoms with Crippen LogP contribution in [0, 0.1) is 0 Å². The summed E-state index contributed by atoms with van der Waals surface area (Å²) >= 11 is 0. The van der Waals surface area contributed by atoms with Gasteiger partial charge in [0.15, 0.2) is 0 Å². The maximum absolute atomic E-state index is 13.1. The van der Waals surface area contributed by atoms with E-state index in [1.807, 2.05) is 85.7 Å². The van der Waals surface area contributed by atoms with E-state index >= 15 is 0 Å². The van der Waals surface area contributed by atoms with Crippen molar-refractivity contribution < 1.29 is 27.6 Å². The van der Waals surface area contributed by atoms with Crippen molar-refractivity contribution in [2.75, 3.05) is 32.1 Å². The second-order valence-electron chi connectivity index (χ2n) is 11.0. The van der Waals surface area contributed by atoms with E-state index in [4.69, 9.17) is 0 Å². The highest BCUT2D eigenvalue weighted by molar-refractivity contribution is 6.04. The number of nitrogens with one attached hydrogen (secondary N) is 2. The minimum atomic E-state index is -4.56. The van der Waals surface area contributed by atoms with Gasteiger partial charge >= 0.3 is 6.18 Å². The van der Waals surface area contributed by atoms with Crippen molar-refractivity contribution >= 4 is 23.5 Å². The number of carbonyl (C=O) groups excluding carboxylic acids is 3. The Morgan fingerprint density at radius 1 is 1.00 bits per heavy atom. The maximum atomic E-state index is 13.1. The lowest BCUT2D eigenvalue weighted by Crippen LogP contribution is -2.53. The summed E-state index contributed by atoms with van der Waals surface area (Å²) in [7, 11) is 3.93. The van der Waals surface area contributed by atoms with Gasteiger partial charge in [0, 0.05) is 43.3 Å². The molecule has 246 valence electrons. The molecule has 0 aliphatic carbocycles.